The summed E-state index contributed by atoms with van der Waals surface area (Å²) in [4.78, 5) is 25.1. The maximum Gasteiger partial charge on any atom is 0.305 e. The number of carboxylic acid groups (broad SMARTS) is 1. The molecule has 0 aliphatic carbocycles. The van der Waals surface area contributed by atoms with Crippen LogP contribution in [0.1, 0.15) is 39.0 Å². The summed E-state index contributed by atoms with van der Waals surface area (Å²) >= 11 is 0. The zero-order valence-corrected chi connectivity index (χ0v) is 10.9. The van der Waals surface area contributed by atoms with Gasteiger partial charge in [-0.15, -0.1) is 0 Å². The molecule has 5 heteroatoms. The second kappa shape index (κ2) is 5.69. The van der Waals surface area contributed by atoms with Gasteiger partial charge >= 0.3 is 5.97 Å². The molecule has 0 bridgehead atoms. The van der Waals surface area contributed by atoms with Gasteiger partial charge in [0.2, 0.25) is 5.91 Å². The quantitative estimate of drug-likeness (QED) is 0.783. The fraction of sp³-hybridized carbons (Fsp3) is 0.846. The Morgan fingerprint density at radius 1 is 1.33 bits per heavy atom. The summed E-state index contributed by atoms with van der Waals surface area (Å²) in [6.45, 7) is 3.69. The van der Waals surface area contributed by atoms with Crippen LogP contribution in [0, 0.1) is 5.92 Å². The molecule has 2 aliphatic rings. The number of carboxylic acids is 1. The molecule has 0 spiro atoms. The largest absolute Gasteiger partial charge is 0.481 e. The third-order valence-corrected chi connectivity index (χ3v) is 4.11. The predicted octanol–water partition coefficient (Wildman–Crippen LogP) is 0.840. The molecule has 0 aromatic carbocycles. The predicted molar refractivity (Wildman–Crippen MR) is 67.2 cm³/mol. The minimum Gasteiger partial charge on any atom is -0.481 e. The molecule has 2 N–H and O–H groups in total. The standard InChI is InChI=1S/C13H22N2O3/c1-9-4-2-6-14-12(9)13(18)15-7-3-5-10(15)8-11(16)17/h9-10,12,14H,2-8H2,1H3,(H,16,17). The molecule has 3 unspecified atom stereocenters. The molecule has 2 fully saturated rings. The van der Waals surface area contributed by atoms with Crippen LogP contribution in [0.2, 0.25) is 0 Å². The van der Waals surface area contributed by atoms with E-state index < -0.39 is 5.97 Å². The molecular formula is C13H22N2O3. The van der Waals surface area contributed by atoms with E-state index in [2.05, 4.69) is 12.2 Å². The van der Waals surface area contributed by atoms with Crippen molar-refractivity contribution >= 4 is 11.9 Å². The van der Waals surface area contributed by atoms with E-state index >= 15 is 0 Å². The smallest absolute Gasteiger partial charge is 0.305 e. The number of amides is 1. The first-order valence-electron chi connectivity index (χ1n) is 6.85. The van der Waals surface area contributed by atoms with Crippen molar-refractivity contribution in [2.45, 2.75) is 51.1 Å². The van der Waals surface area contributed by atoms with Gasteiger partial charge in [0.1, 0.15) is 0 Å². The Labute approximate surface area is 108 Å². The Hall–Kier alpha value is -1.10. The average Bonchev–Trinajstić information content (AvgIpc) is 2.76. The maximum absolute atomic E-state index is 12.5. The molecule has 2 aliphatic heterocycles. The minimum atomic E-state index is -0.815. The van der Waals surface area contributed by atoms with Crippen LogP contribution in [0.15, 0.2) is 0 Å². The van der Waals surface area contributed by atoms with Gasteiger partial charge in [0.25, 0.3) is 0 Å². The minimum absolute atomic E-state index is 0.0762. The van der Waals surface area contributed by atoms with E-state index in [1.807, 2.05) is 0 Å². The Morgan fingerprint density at radius 2 is 2.11 bits per heavy atom. The van der Waals surface area contributed by atoms with Gasteiger partial charge < -0.3 is 15.3 Å². The van der Waals surface area contributed by atoms with Crippen LogP contribution in [0.5, 0.6) is 0 Å². The van der Waals surface area contributed by atoms with E-state index in [1.165, 1.54) is 0 Å². The molecule has 2 rings (SSSR count). The van der Waals surface area contributed by atoms with E-state index in [9.17, 15) is 9.59 Å². The van der Waals surface area contributed by atoms with E-state index in [4.69, 9.17) is 5.11 Å². The maximum atomic E-state index is 12.5. The van der Waals surface area contributed by atoms with Gasteiger partial charge in [-0.1, -0.05) is 6.92 Å². The third-order valence-electron chi connectivity index (χ3n) is 4.11. The molecule has 0 radical (unpaired) electrons. The zero-order chi connectivity index (χ0) is 13.1. The molecule has 3 atom stereocenters. The van der Waals surface area contributed by atoms with Gasteiger partial charge in [-0.05, 0) is 38.1 Å². The van der Waals surface area contributed by atoms with Gasteiger partial charge in [0, 0.05) is 12.6 Å². The van der Waals surface area contributed by atoms with Crippen molar-refractivity contribution in [2.75, 3.05) is 13.1 Å². The number of hydrogen-bond acceptors (Lipinski definition) is 3. The molecule has 2 saturated heterocycles. The van der Waals surface area contributed by atoms with Crippen LogP contribution in [-0.4, -0.2) is 47.1 Å². The molecule has 0 aromatic heterocycles. The molecule has 18 heavy (non-hydrogen) atoms. The number of aliphatic carboxylic acids is 1. The fourth-order valence-corrected chi connectivity index (χ4v) is 3.10. The molecule has 102 valence electrons. The lowest BCUT2D eigenvalue weighted by molar-refractivity contribution is -0.141. The third kappa shape index (κ3) is 2.83. The lowest BCUT2D eigenvalue weighted by Gasteiger charge is -2.34. The number of piperidine rings is 1. The number of nitrogens with zero attached hydrogens (tertiary/aromatic N) is 1. The molecule has 5 nitrogen and oxygen atoms in total. The summed E-state index contributed by atoms with van der Waals surface area (Å²) in [6, 6.07) is -0.223. The molecule has 1 amide bonds. The van der Waals surface area contributed by atoms with Crippen molar-refractivity contribution in [1.82, 2.24) is 10.2 Å². The SMILES string of the molecule is CC1CCCNC1C(=O)N1CCCC1CC(=O)O. The number of nitrogens with one attached hydrogen (secondary N) is 1. The summed E-state index contributed by atoms with van der Waals surface area (Å²) in [6.07, 6.45) is 4.00. The normalized spacial score (nSPS) is 32.5. The fourth-order valence-electron chi connectivity index (χ4n) is 3.10. The second-order valence-electron chi connectivity index (χ2n) is 5.48. The van der Waals surface area contributed by atoms with Crippen LogP contribution < -0.4 is 5.32 Å². The number of carbonyl (C=O) groups is 2. The van der Waals surface area contributed by atoms with Gasteiger partial charge in [-0.25, -0.2) is 0 Å². The van der Waals surface area contributed by atoms with Crippen molar-refractivity contribution in [2.24, 2.45) is 5.92 Å². The van der Waals surface area contributed by atoms with E-state index in [0.29, 0.717) is 12.5 Å². The molecule has 0 saturated carbocycles. The topological polar surface area (TPSA) is 69.6 Å². The average molecular weight is 254 g/mol. The van der Waals surface area contributed by atoms with Crippen LogP contribution in [0.3, 0.4) is 0 Å². The van der Waals surface area contributed by atoms with Gasteiger partial charge in [0.05, 0.1) is 12.5 Å². The highest BCUT2D eigenvalue weighted by atomic mass is 16.4. The number of likely N-dealkylation sites (tertiary alicyclic amines) is 1. The summed E-state index contributed by atoms with van der Waals surface area (Å²) in [7, 11) is 0. The summed E-state index contributed by atoms with van der Waals surface area (Å²) in [5, 5.41) is 12.2. The lowest BCUT2D eigenvalue weighted by Crippen LogP contribution is -2.53. The second-order valence-corrected chi connectivity index (χ2v) is 5.48. The monoisotopic (exact) mass is 254 g/mol. The van der Waals surface area contributed by atoms with E-state index in [-0.39, 0.29) is 24.4 Å². The summed E-state index contributed by atoms with van der Waals surface area (Å²) < 4.78 is 0. The first kappa shape index (κ1) is 13.3. The van der Waals surface area contributed by atoms with Crippen LogP contribution in [0.4, 0.5) is 0 Å². The number of rotatable bonds is 3. The van der Waals surface area contributed by atoms with E-state index in [0.717, 1.165) is 32.2 Å². The Bertz CT molecular complexity index is 332. The highest BCUT2D eigenvalue weighted by Crippen LogP contribution is 2.24. The summed E-state index contributed by atoms with van der Waals surface area (Å²) in [5.74, 6) is -0.368. The van der Waals surface area contributed by atoms with Crippen molar-refractivity contribution in [3.05, 3.63) is 0 Å². The van der Waals surface area contributed by atoms with Crippen LogP contribution in [-0.2, 0) is 9.59 Å². The first-order chi connectivity index (χ1) is 8.59. The van der Waals surface area contributed by atoms with Gasteiger partial charge in [-0.2, -0.15) is 0 Å². The zero-order valence-electron chi connectivity index (χ0n) is 10.9. The molecule has 0 aromatic rings. The lowest BCUT2D eigenvalue weighted by atomic mass is 9.91. The van der Waals surface area contributed by atoms with Crippen LogP contribution >= 0.6 is 0 Å². The van der Waals surface area contributed by atoms with Gasteiger partial charge in [0.15, 0.2) is 0 Å². The van der Waals surface area contributed by atoms with Gasteiger partial charge in [-0.3, -0.25) is 9.59 Å². The van der Waals surface area contributed by atoms with E-state index in [1.54, 1.807) is 4.90 Å². The highest BCUT2D eigenvalue weighted by molar-refractivity contribution is 5.83. The Balaban J connectivity index is 2.00. The Morgan fingerprint density at radius 3 is 2.78 bits per heavy atom. The molecule has 2 heterocycles. The van der Waals surface area contributed by atoms with Crippen molar-refractivity contribution in [3.63, 3.8) is 0 Å². The van der Waals surface area contributed by atoms with Crippen molar-refractivity contribution < 1.29 is 14.7 Å². The number of carbonyl (C=O) groups excluding carboxylic acids is 1. The highest BCUT2D eigenvalue weighted by Gasteiger charge is 2.36. The Kier molecular flexibility index (Phi) is 4.22. The van der Waals surface area contributed by atoms with Crippen LogP contribution in [0.25, 0.3) is 0 Å². The van der Waals surface area contributed by atoms with Crippen molar-refractivity contribution in [3.8, 4) is 0 Å². The first-order valence-corrected chi connectivity index (χ1v) is 6.85. The van der Waals surface area contributed by atoms with Crippen molar-refractivity contribution in [1.29, 1.82) is 0 Å². The number of hydrogen-bond donors (Lipinski definition) is 2. The molecular weight excluding hydrogens is 232 g/mol. The summed E-state index contributed by atoms with van der Waals surface area (Å²) in [5.41, 5.74) is 0.